The smallest absolute Gasteiger partial charge is 0.257 e. The maximum absolute atomic E-state index is 12.3. The minimum atomic E-state index is -0.0631. The Kier molecular flexibility index (Phi) is 3.44. The van der Waals surface area contributed by atoms with Gasteiger partial charge in [0.1, 0.15) is 0 Å². The molecule has 6 heteroatoms. The summed E-state index contributed by atoms with van der Waals surface area (Å²) in [5, 5.41) is 4.01. The van der Waals surface area contributed by atoms with Crippen molar-refractivity contribution in [1.29, 1.82) is 0 Å². The van der Waals surface area contributed by atoms with E-state index < -0.39 is 0 Å². The predicted molar refractivity (Wildman–Crippen MR) is 62.5 cm³/mol. The largest absolute Gasteiger partial charge is 0.373 e. The molecule has 2 heterocycles. The summed E-state index contributed by atoms with van der Waals surface area (Å²) < 4.78 is 7.14. The first kappa shape index (κ1) is 12.1. The van der Waals surface area contributed by atoms with Gasteiger partial charge in [0.15, 0.2) is 0 Å². The lowest BCUT2D eigenvalue weighted by atomic mass is 10.1. The van der Waals surface area contributed by atoms with Crippen LogP contribution in [0.15, 0.2) is 12.4 Å². The number of hydrogen-bond donors (Lipinski definition) is 1. The van der Waals surface area contributed by atoms with E-state index in [4.69, 9.17) is 10.5 Å². The number of aromatic nitrogens is 2. The highest BCUT2D eigenvalue weighted by atomic mass is 16.5. The first-order valence-electron chi connectivity index (χ1n) is 5.73. The third kappa shape index (κ3) is 2.48. The second-order valence-electron chi connectivity index (χ2n) is 4.40. The number of hydrogen-bond acceptors (Lipinski definition) is 4. The van der Waals surface area contributed by atoms with Crippen LogP contribution in [0.4, 0.5) is 0 Å². The van der Waals surface area contributed by atoms with Gasteiger partial charge in [-0.05, 0) is 6.92 Å². The third-order valence-electron chi connectivity index (χ3n) is 2.98. The van der Waals surface area contributed by atoms with Gasteiger partial charge in [-0.3, -0.25) is 9.48 Å². The number of ether oxygens (including phenoxy) is 1. The van der Waals surface area contributed by atoms with Gasteiger partial charge in [-0.1, -0.05) is 0 Å². The van der Waals surface area contributed by atoms with Crippen molar-refractivity contribution in [2.75, 3.05) is 19.7 Å². The van der Waals surface area contributed by atoms with Gasteiger partial charge in [-0.2, -0.15) is 5.10 Å². The lowest BCUT2D eigenvalue weighted by Gasteiger charge is -2.37. The Morgan fingerprint density at radius 3 is 3.06 bits per heavy atom. The summed E-state index contributed by atoms with van der Waals surface area (Å²) in [6.07, 6.45) is 3.25. The van der Waals surface area contributed by atoms with Gasteiger partial charge in [0.05, 0.1) is 30.5 Å². The molecular weight excluding hydrogens is 220 g/mol. The van der Waals surface area contributed by atoms with Crippen molar-refractivity contribution < 1.29 is 9.53 Å². The second-order valence-corrected chi connectivity index (χ2v) is 4.40. The van der Waals surface area contributed by atoms with Crippen molar-refractivity contribution in [3.63, 3.8) is 0 Å². The van der Waals surface area contributed by atoms with Gasteiger partial charge in [0, 0.05) is 26.3 Å². The van der Waals surface area contributed by atoms with Gasteiger partial charge < -0.3 is 15.4 Å². The highest BCUT2D eigenvalue weighted by Crippen LogP contribution is 2.14. The molecule has 94 valence electrons. The number of nitrogens with two attached hydrogens (primary N) is 1. The number of nitrogens with zero attached hydrogens (tertiary/aromatic N) is 3. The topological polar surface area (TPSA) is 73.4 Å². The van der Waals surface area contributed by atoms with Crippen LogP contribution >= 0.6 is 0 Å². The molecule has 0 radical (unpaired) electrons. The third-order valence-corrected chi connectivity index (χ3v) is 2.98. The lowest BCUT2D eigenvalue weighted by molar-refractivity contribution is -0.0426. The molecule has 0 spiro atoms. The van der Waals surface area contributed by atoms with Crippen molar-refractivity contribution >= 4 is 5.91 Å². The van der Waals surface area contributed by atoms with Crippen LogP contribution in [0.25, 0.3) is 0 Å². The van der Waals surface area contributed by atoms with Crippen molar-refractivity contribution in [3.05, 3.63) is 18.0 Å². The Morgan fingerprint density at radius 1 is 1.71 bits per heavy atom. The molecule has 2 N–H and O–H groups in total. The molecule has 2 rings (SSSR count). The fourth-order valence-electron chi connectivity index (χ4n) is 1.94. The molecule has 0 aliphatic carbocycles. The summed E-state index contributed by atoms with van der Waals surface area (Å²) in [6, 6.07) is 0.0745. The van der Waals surface area contributed by atoms with Gasteiger partial charge in [0.25, 0.3) is 5.91 Å². The fourth-order valence-corrected chi connectivity index (χ4v) is 1.94. The van der Waals surface area contributed by atoms with Crippen LogP contribution in [-0.4, -0.2) is 52.4 Å². The van der Waals surface area contributed by atoms with E-state index in [-0.39, 0.29) is 18.1 Å². The average Bonchev–Trinajstić information content (AvgIpc) is 2.76. The zero-order chi connectivity index (χ0) is 12.4. The maximum atomic E-state index is 12.3. The van der Waals surface area contributed by atoms with Crippen LogP contribution in [0.1, 0.15) is 17.3 Å². The number of rotatable bonds is 2. The average molecular weight is 238 g/mol. The molecule has 1 saturated heterocycles. The molecule has 1 amide bonds. The Balaban J connectivity index is 2.12. The van der Waals surface area contributed by atoms with Gasteiger partial charge in [-0.25, -0.2) is 0 Å². The molecule has 0 saturated carbocycles. The van der Waals surface area contributed by atoms with Crippen LogP contribution in [0, 0.1) is 0 Å². The highest BCUT2D eigenvalue weighted by Gasteiger charge is 2.29. The molecule has 2 atom stereocenters. The number of carbonyl (C=O) groups excluding carboxylic acids is 1. The molecule has 1 aliphatic rings. The van der Waals surface area contributed by atoms with Crippen LogP contribution in [0.2, 0.25) is 0 Å². The summed E-state index contributed by atoms with van der Waals surface area (Å²) >= 11 is 0. The van der Waals surface area contributed by atoms with Crippen LogP contribution in [-0.2, 0) is 11.8 Å². The van der Waals surface area contributed by atoms with E-state index >= 15 is 0 Å². The van der Waals surface area contributed by atoms with Crippen molar-refractivity contribution in [1.82, 2.24) is 14.7 Å². The van der Waals surface area contributed by atoms with E-state index in [1.54, 1.807) is 29.0 Å². The summed E-state index contributed by atoms with van der Waals surface area (Å²) in [6.45, 7) is 3.49. The summed E-state index contributed by atoms with van der Waals surface area (Å²) in [5.41, 5.74) is 6.18. The predicted octanol–water partition coefficient (Wildman–Crippen LogP) is -0.392. The van der Waals surface area contributed by atoms with E-state index in [9.17, 15) is 4.79 Å². The Labute approximate surface area is 100 Å². The summed E-state index contributed by atoms with van der Waals surface area (Å²) in [4.78, 5) is 14.1. The minimum Gasteiger partial charge on any atom is -0.373 e. The molecule has 0 aromatic carbocycles. The van der Waals surface area contributed by atoms with E-state index in [0.29, 0.717) is 25.3 Å². The van der Waals surface area contributed by atoms with E-state index in [2.05, 4.69) is 5.10 Å². The number of carbonyl (C=O) groups is 1. The first-order valence-corrected chi connectivity index (χ1v) is 5.73. The molecule has 1 fully saturated rings. The molecule has 1 aromatic rings. The quantitative estimate of drug-likeness (QED) is 0.761. The minimum absolute atomic E-state index is 0.00708. The highest BCUT2D eigenvalue weighted by molar-refractivity contribution is 5.94. The van der Waals surface area contributed by atoms with Crippen molar-refractivity contribution in [3.8, 4) is 0 Å². The normalized spacial score (nSPS) is 25.0. The number of morpholine rings is 1. The van der Waals surface area contributed by atoms with E-state index in [0.717, 1.165) is 0 Å². The molecule has 1 aliphatic heterocycles. The van der Waals surface area contributed by atoms with Crippen LogP contribution < -0.4 is 5.73 Å². The monoisotopic (exact) mass is 238 g/mol. The van der Waals surface area contributed by atoms with Crippen LogP contribution in [0.5, 0.6) is 0 Å². The first-order chi connectivity index (χ1) is 8.11. The Hall–Kier alpha value is -1.40. The van der Waals surface area contributed by atoms with E-state index in [1.165, 1.54) is 0 Å². The summed E-state index contributed by atoms with van der Waals surface area (Å²) in [7, 11) is 1.79. The second kappa shape index (κ2) is 4.85. The summed E-state index contributed by atoms with van der Waals surface area (Å²) in [5.74, 6) is -0.00708. The van der Waals surface area contributed by atoms with Crippen molar-refractivity contribution in [2.24, 2.45) is 12.8 Å². The molecular formula is C11H18N4O2. The molecule has 1 aromatic heterocycles. The molecule has 6 nitrogen and oxygen atoms in total. The number of amides is 1. The zero-order valence-corrected chi connectivity index (χ0v) is 10.2. The lowest BCUT2D eigenvalue weighted by Crippen LogP contribution is -2.52. The molecule has 17 heavy (non-hydrogen) atoms. The van der Waals surface area contributed by atoms with E-state index in [1.807, 2.05) is 6.92 Å². The standard InChI is InChI=1S/C11H18N4O2/c1-8-7-17-10(3-12)6-15(8)11(16)9-4-13-14(2)5-9/h4-5,8,10H,3,6-7,12H2,1-2H3. The Morgan fingerprint density at radius 2 is 2.47 bits per heavy atom. The number of aryl methyl sites for hydroxylation is 1. The molecule has 2 unspecified atom stereocenters. The Bertz CT molecular complexity index is 404. The van der Waals surface area contributed by atoms with Crippen molar-refractivity contribution in [2.45, 2.75) is 19.1 Å². The maximum Gasteiger partial charge on any atom is 0.257 e. The van der Waals surface area contributed by atoms with Gasteiger partial charge in [0.2, 0.25) is 0 Å². The molecule has 0 bridgehead atoms. The SMILES string of the molecule is CC1COC(CN)CN1C(=O)c1cnn(C)c1. The van der Waals surface area contributed by atoms with Crippen LogP contribution in [0.3, 0.4) is 0 Å². The zero-order valence-electron chi connectivity index (χ0n) is 10.2. The fraction of sp³-hybridized carbons (Fsp3) is 0.636. The van der Waals surface area contributed by atoms with Gasteiger partial charge >= 0.3 is 0 Å². The van der Waals surface area contributed by atoms with Gasteiger partial charge in [-0.15, -0.1) is 0 Å².